The zero-order chi connectivity index (χ0) is 14.4. The van der Waals surface area contributed by atoms with E-state index >= 15 is 0 Å². The molecular formula is C15H21NO3. The largest absolute Gasteiger partial charge is 0.480 e. The van der Waals surface area contributed by atoms with Gasteiger partial charge in [-0.1, -0.05) is 50.1 Å². The highest BCUT2D eigenvalue weighted by atomic mass is 16.4. The van der Waals surface area contributed by atoms with Gasteiger partial charge in [-0.2, -0.15) is 0 Å². The third kappa shape index (κ3) is 4.73. The van der Waals surface area contributed by atoms with Gasteiger partial charge in [-0.05, 0) is 18.4 Å². The van der Waals surface area contributed by atoms with Crippen LogP contribution in [-0.4, -0.2) is 23.0 Å². The summed E-state index contributed by atoms with van der Waals surface area (Å²) in [7, 11) is 0. The summed E-state index contributed by atoms with van der Waals surface area (Å²) in [5.74, 6) is -1.32. The first kappa shape index (κ1) is 15.2. The maximum Gasteiger partial charge on any atom is 0.326 e. The maximum atomic E-state index is 11.9. The predicted molar refractivity (Wildman–Crippen MR) is 73.9 cm³/mol. The number of nitrogens with one attached hydrogen (secondary N) is 1. The van der Waals surface area contributed by atoms with Gasteiger partial charge in [0.15, 0.2) is 0 Å². The van der Waals surface area contributed by atoms with Gasteiger partial charge in [-0.25, -0.2) is 4.79 Å². The second kappa shape index (κ2) is 6.92. The van der Waals surface area contributed by atoms with E-state index in [-0.39, 0.29) is 18.2 Å². The van der Waals surface area contributed by atoms with Gasteiger partial charge in [0.2, 0.25) is 5.91 Å². The van der Waals surface area contributed by atoms with E-state index in [4.69, 9.17) is 5.11 Å². The molecule has 0 aliphatic rings. The smallest absolute Gasteiger partial charge is 0.326 e. The number of hydrogen-bond acceptors (Lipinski definition) is 2. The molecule has 0 spiro atoms. The molecule has 19 heavy (non-hydrogen) atoms. The number of aryl methyl sites for hydroxylation is 1. The van der Waals surface area contributed by atoms with Crippen LogP contribution in [0, 0.1) is 12.8 Å². The van der Waals surface area contributed by atoms with Crippen molar-refractivity contribution in [2.45, 2.75) is 39.7 Å². The summed E-state index contributed by atoms with van der Waals surface area (Å²) in [6, 6.07) is 6.82. The van der Waals surface area contributed by atoms with E-state index < -0.39 is 12.0 Å². The third-order valence-electron chi connectivity index (χ3n) is 3.28. The van der Waals surface area contributed by atoms with Gasteiger partial charge in [0, 0.05) is 0 Å². The average Bonchev–Trinajstić information content (AvgIpc) is 2.37. The third-order valence-corrected chi connectivity index (χ3v) is 3.28. The van der Waals surface area contributed by atoms with Crippen LogP contribution in [0.3, 0.4) is 0 Å². The maximum absolute atomic E-state index is 11.9. The van der Waals surface area contributed by atoms with Crippen LogP contribution in [0.1, 0.15) is 31.4 Å². The van der Waals surface area contributed by atoms with Gasteiger partial charge in [-0.3, -0.25) is 4.79 Å². The molecule has 1 rings (SSSR count). The number of aliphatic carboxylic acids is 1. The molecule has 0 aliphatic heterocycles. The Kier molecular flexibility index (Phi) is 5.55. The molecule has 0 heterocycles. The monoisotopic (exact) mass is 263 g/mol. The van der Waals surface area contributed by atoms with Gasteiger partial charge >= 0.3 is 5.97 Å². The van der Waals surface area contributed by atoms with Crippen molar-refractivity contribution in [3.05, 3.63) is 35.4 Å². The van der Waals surface area contributed by atoms with Crippen LogP contribution >= 0.6 is 0 Å². The Hall–Kier alpha value is -1.84. The van der Waals surface area contributed by atoms with Crippen LogP contribution in [-0.2, 0) is 16.0 Å². The number of carboxylic acids is 1. The van der Waals surface area contributed by atoms with Crippen molar-refractivity contribution in [2.24, 2.45) is 5.92 Å². The van der Waals surface area contributed by atoms with Crippen LogP contribution in [0.5, 0.6) is 0 Å². The Morgan fingerprint density at radius 3 is 2.32 bits per heavy atom. The van der Waals surface area contributed by atoms with E-state index in [2.05, 4.69) is 5.32 Å². The summed E-state index contributed by atoms with van der Waals surface area (Å²) in [5.41, 5.74) is 2.02. The Labute approximate surface area is 113 Å². The molecule has 2 N–H and O–H groups in total. The van der Waals surface area contributed by atoms with Crippen LogP contribution in [0.2, 0.25) is 0 Å². The predicted octanol–water partition coefficient (Wildman–Crippen LogP) is 2.15. The van der Waals surface area contributed by atoms with Gasteiger partial charge < -0.3 is 10.4 Å². The molecule has 2 atom stereocenters. The number of carboxylic acid groups (broad SMARTS) is 1. The molecule has 0 fully saturated rings. The number of benzene rings is 1. The Morgan fingerprint density at radius 2 is 1.84 bits per heavy atom. The van der Waals surface area contributed by atoms with Crippen LogP contribution < -0.4 is 5.32 Å². The summed E-state index contributed by atoms with van der Waals surface area (Å²) in [6.07, 6.45) is 0.919. The Morgan fingerprint density at radius 1 is 1.26 bits per heavy atom. The van der Waals surface area contributed by atoms with Crippen LogP contribution in [0.25, 0.3) is 0 Å². The second-order valence-electron chi connectivity index (χ2n) is 4.93. The fourth-order valence-electron chi connectivity index (χ4n) is 1.80. The topological polar surface area (TPSA) is 66.4 Å². The van der Waals surface area contributed by atoms with Crippen LogP contribution in [0.4, 0.5) is 0 Å². The molecule has 0 saturated carbocycles. The first-order valence-corrected chi connectivity index (χ1v) is 6.51. The van der Waals surface area contributed by atoms with Crippen molar-refractivity contribution in [1.29, 1.82) is 0 Å². The first-order valence-electron chi connectivity index (χ1n) is 6.51. The van der Waals surface area contributed by atoms with Crippen molar-refractivity contribution >= 4 is 11.9 Å². The lowest BCUT2D eigenvalue weighted by molar-refractivity contribution is -0.143. The number of carbonyl (C=O) groups is 2. The average molecular weight is 263 g/mol. The van der Waals surface area contributed by atoms with Crippen LogP contribution in [0.15, 0.2) is 24.3 Å². The second-order valence-corrected chi connectivity index (χ2v) is 4.93. The molecular weight excluding hydrogens is 242 g/mol. The van der Waals surface area contributed by atoms with Crippen molar-refractivity contribution in [2.75, 3.05) is 0 Å². The minimum Gasteiger partial charge on any atom is -0.480 e. The normalized spacial score (nSPS) is 13.6. The highest BCUT2D eigenvalue weighted by Crippen LogP contribution is 2.09. The van der Waals surface area contributed by atoms with Gasteiger partial charge in [0.1, 0.15) is 6.04 Å². The molecule has 4 nitrogen and oxygen atoms in total. The van der Waals surface area contributed by atoms with E-state index in [9.17, 15) is 9.59 Å². The molecule has 0 radical (unpaired) electrons. The van der Waals surface area contributed by atoms with E-state index in [0.29, 0.717) is 6.42 Å². The molecule has 0 saturated heterocycles. The summed E-state index contributed by atoms with van der Waals surface area (Å²) in [6.45, 7) is 5.71. The fraction of sp³-hybridized carbons (Fsp3) is 0.467. The lowest BCUT2D eigenvalue weighted by atomic mass is 9.99. The first-order chi connectivity index (χ1) is 8.93. The van der Waals surface area contributed by atoms with Gasteiger partial charge in [-0.15, -0.1) is 0 Å². The van der Waals surface area contributed by atoms with Gasteiger partial charge in [0.25, 0.3) is 0 Å². The number of rotatable bonds is 6. The molecule has 1 aromatic carbocycles. The van der Waals surface area contributed by atoms with Gasteiger partial charge in [0.05, 0.1) is 6.42 Å². The quantitative estimate of drug-likeness (QED) is 0.826. The van der Waals surface area contributed by atoms with E-state index in [0.717, 1.165) is 11.1 Å². The zero-order valence-electron chi connectivity index (χ0n) is 11.6. The summed E-state index contributed by atoms with van der Waals surface area (Å²) in [4.78, 5) is 23.0. The van der Waals surface area contributed by atoms with Crippen molar-refractivity contribution < 1.29 is 14.7 Å². The highest BCUT2D eigenvalue weighted by Gasteiger charge is 2.25. The Bertz CT molecular complexity index is 439. The van der Waals surface area contributed by atoms with Crippen molar-refractivity contribution in [3.8, 4) is 0 Å². The van der Waals surface area contributed by atoms with Crippen molar-refractivity contribution in [1.82, 2.24) is 5.32 Å². The zero-order valence-corrected chi connectivity index (χ0v) is 11.6. The number of amides is 1. The van der Waals surface area contributed by atoms with E-state index in [1.54, 1.807) is 0 Å². The Balaban J connectivity index is 2.62. The SMILES string of the molecule is CC[C@H](C)[C@H](NC(=O)Cc1ccc(C)cc1)C(=O)O. The fourth-order valence-corrected chi connectivity index (χ4v) is 1.80. The molecule has 0 bridgehead atoms. The molecule has 1 amide bonds. The number of carbonyl (C=O) groups excluding carboxylic acids is 1. The molecule has 0 aliphatic carbocycles. The lowest BCUT2D eigenvalue weighted by Crippen LogP contribution is -2.45. The summed E-state index contributed by atoms with van der Waals surface area (Å²) in [5, 5.41) is 11.7. The molecule has 1 aromatic rings. The highest BCUT2D eigenvalue weighted by molar-refractivity contribution is 5.85. The van der Waals surface area contributed by atoms with E-state index in [1.807, 2.05) is 45.0 Å². The molecule has 0 aromatic heterocycles. The molecule has 104 valence electrons. The number of hydrogen-bond donors (Lipinski definition) is 2. The summed E-state index contributed by atoms with van der Waals surface area (Å²) < 4.78 is 0. The standard InChI is InChI=1S/C15H21NO3/c1-4-11(3)14(15(18)19)16-13(17)9-12-7-5-10(2)6-8-12/h5-8,11,14H,4,9H2,1-3H3,(H,16,17)(H,18,19)/t11-,14-/m0/s1. The lowest BCUT2D eigenvalue weighted by Gasteiger charge is -2.20. The minimum absolute atomic E-state index is 0.0838. The molecule has 4 heteroatoms. The van der Waals surface area contributed by atoms with Crippen molar-refractivity contribution in [3.63, 3.8) is 0 Å². The van der Waals surface area contributed by atoms with E-state index in [1.165, 1.54) is 0 Å². The summed E-state index contributed by atoms with van der Waals surface area (Å²) >= 11 is 0. The molecule has 0 unspecified atom stereocenters. The minimum atomic E-state index is -0.980.